The number of carbonyl (C=O) groups is 1. The molecule has 0 radical (unpaired) electrons. The highest BCUT2D eigenvalue weighted by Crippen LogP contribution is 2.28. The first kappa shape index (κ1) is 25.1. The average Bonchev–Trinajstić information content (AvgIpc) is 2.86. The molecular formula is C27H26Br2N4O2. The van der Waals surface area contributed by atoms with Crippen LogP contribution < -0.4 is 10.9 Å². The highest BCUT2D eigenvalue weighted by molar-refractivity contribution is 9.10. The monoisotopic (exact) mass is 596 g/mol. The number of nitrogens with one attached hydrogen (secondary N) is 1. The molecule has 0 aliphatic rings. The standard InChI is InChI=1S/C27H26Br2N4O2/c1-3-17-32(27(35)31-23-12-8-6-10-21(23)29)24(4-2)25-30-22-11-7-5-9-20(22)26(34)33(25)19-15-13-18(28)14-16-19/h5-16,24H,3-4,17H2,1-2H3,(H,31,35). The molecule has 4 rings (SSSR count). The number of aromatic nitrogens is 2. The van der Waals surface area contributed by atoms with Crippen molar-refractivity contribution in [3.8, 4) is 5.69 Å². The zero-order valence-corrected chi connectivity index (χ0v) is 22.7. The SMILES string of the molecule is CCCN(C(=O)Nc1ccccc1Br)C(CC)c1nc2ccccc2c(=O)n1-c1ccc(Br)cc1. The fraction of sp³-hybridized carbons (Fsp3) is 0.222. The fourth-order valence-electron chi connectivity index (χ4n) is 4.14. The summed E-state index contributed by atoms with van der Waals surface area (Å²) >= 11 is 6.97. The van der Waals surface area contributed by atoms with Gasteiger partial charge in [0.15, 0.2) is 0 Å². The Balaban J connectivity index is 1.87. The summed E-state index contributed by atoms with van der Waals surface area (Å²) in [6, 6.07) is 21.7. The normalized spacial score (nSPS) is 11.9. The lowest BCUT2D eigenvalue weighted by Gasteiger charge is -2.32. The smallest absolute Gasteiger partial charge is 0.314 e. The average molecular weight is 598 g/mol. The van der Waals surface area contributed by atoms with Crippen LogP contribution in [0.15, 0.2) is 86.5 Å². The minimum absolute atomic E-state index is 0.158. The predicted octanol–water partition coefficient (Wildman–Crippen LogP) is 7.31. The van der Waals surface area contributed by atoms with Gasteiger partial charge in [0.25, 0.3) is 5.56 Å². The van der Waals surface area contributed by atoms with E-state index in [9.17, 15) is 9.59 Å². The molecule has 0 aliphatic heterocycles. The van der Waals surface area contributed by atoms with Crippen LogP contribution in [0.1, 0.15) is 38.6 Å². The van der Waals surface area contributed by atoms with E-state index < -0.39 is 6.04 Å². The maximum Gasteiger partial charge on any atom is 0.322 e. The van der Waals surface area contributed by atoms with Crippen LogP contribution in [-0.2, 0) is 0 Å². The van der Waals surface area contributed by atoms with E-state index in [1.807, 2.05) is 80.6 Å². The number of halogens is 2. The number of rotatable bonds is 7. The zero-order chi connectivity index (χ0) is 24.9. The van der Waals surface area contributed by atoms with Crippen LogP contribution in [0, 0.1) is 0 Å². The van der Waals surface area contributed by atoms with Crippen molar-refractivity contribution in [2.75, 3.05) is 11.9 Å². The van der Waals surface area contributed by atoms with Crippen molar-refractivity contribution in [3.63, 3.8) is 0 Å². The van der Waals surface area contributed by atoms with Crippen LogP contribution in [-0.4, -0.2) is 27.0 Å². The highest BCUT2D eigenvalue weighted by atomic mass is 79.9. The largest absolute Gasteiger partial charge is 0.322 e. The Labute approximate surface area is 221 Å². The van der Waals surface area contributed by atoms with Crippen LogP contribution in [0.2, 0.25) is 0 Å². The third kappa shape index (κ3) is 5.33. The molecule has 35 heavy (non-hydrogen) atoms. The molecule has 3 aromatic carbocycles. The number of anilines is 1. The molecule has 0 spiro atoms. The van der Waals surface area contributed by atoms with E-state index in [2.05, 4.69) is 37.2 Å². The lowest BCUT2D eigenvalue weighted by molar-refractivity contribution is 0.181. The van der Waals surface area contributed by atoms with Crippen LogP contribution in [0.3, 0.4) is 0 Å². The van der Waals surface area contributed by atoms with Crippen molar-refractivity contribution in [2.45, 2.75) is 32.7 Å². The van der Waals surface area contributed by atoms with Crippen LogP contribution in [0.25, 0.3) is 16.6 Å². The van der Waals surface area contributed by atoms with Gasteiger partial charge in [-0.1, -0.05) is 54.0 Å². The molecule has 0 aliphatic carbocycles. The van der Waals surface area contributed by atoms with Gasteiger partial charge in [0.2, 0.25) is 0 Å². The Kier molecular flexibility index (Phi) is 8.03. The van der Waals surface area contributed by atoms with Gasteiger partial charge in [0, 0.05) is 15.5 Å². The molecule has 6 nitrogen and oxygen atoms in total. The number of benzene rings is 3. The molecule has 2 amide bonds. The summed E-state index contributed by atoms with van der Waals surface area (Å²) in [7, 11) is 0. The number of urea groups is 1. The number of carbonyl (C=O) groups excluding carboxylic acids is 1. The number of nitrogens with zero attached hydrogens (tertiary/aromatic N) is 3. The molecular weight excluding hydrogens is 572 g/mol. The topological polar surface area (TPSA) is 67.2 Å². The van der Waals surface area contributed by atoms with Gasteiger partial charge in [0.1, 0.15) is 5.82 Å². The molecule has 1 N–H and O–H groups in total. The maximum absolute atomic E-state index is 13.7. The van der Waals surface area contributed by atoms with Gasteiger partial charge in [-0.2, -0.15) is 0 Å². The molecule has 1 aromatic heterocycles. The van der Waals surface area contributed by atoms with Gasteiger partial charge in [0.05, 0.1) is 28.3 Å². The van der Waals surface area contributed by atoms with Crippen molar-refractivity contribution < 1.29 is 4.79 Å². The van der Waals surface area contributed by atoms with E-state index in [0.717, 1.165) is 15.4 Å². The van der Waals surface area contributed by atoms with Gasteiger partial charge < -0.3 is 10.2 Å². The van der Waals surface area contributed by atoms with Crippen molar-refractivity contribution >= 4 is 54.5 Å². The Morgan fingerprint density at radius 2 is 1.69 bits per heavy atom. The van der Waals surface area contributed by atoms with E-state index in [4.69, 9.17) is 4.98 Å². The maximum atomic E-state index is 13.7. The van der Waals surface area contributed by atoms with Gasteiger partial charge in [-0.15, -0.1) is 0 Å². The third-order valence-electron chi connectivity index (χ3n) is 5.79. The Morgan fingerprint density at radius 3 is 2.37 bits per heavy atom. The molecule has 0 fully saturated rings. The minimum atomic E-state index is -0.418. The summed E-state index contributed by atoms with van der Waals surface area (Å²) < 4.78 is 3.35. The summed E-state index contributed by atoms with van der Waals surface area (Å²) in [6.45, 7) is 4.55. The van der Waals surface area contributed by atoms with E-state index in [0.29, 0.717) is 41.1 Å². The van der Waals surface area contributed by atoms with E-state index >= 15 is 0 Å². The van der Waals surface area contributed by atoms with Gasteiger partial charge in [-0.25, -0.2) is 9.78 Å². The minimum Gasteiger partial charge on any atom is -0.314 e. The van der Waals surface area contributed by atoms with Gasteiger partial charge in [-0.3, -0.25) is 9.36 Å². The first-order valence-corrected chi connectivity index (χ1v) is 13.1. The highest BCUT2D eigenvalue weighted by Gasteiger charge is 2.29. The van der Waals surface area contributed by atoms with Gasteiger partial charge >= 0.3 is 6.03 Å². The summed E-state index contributed by atoms with van der Waals surface area (Å²) in [6.07, 6.45) is 1.35. The van der Waals surface area contributed by atoms with Crippen LogP contribution in [0.4, 0.5) is 10.5 Å². The lowest BCUT2D eigenvalue weighted by Crippen LogP contribution is -2.41. The Bertz CT molecular complexity index is 1400. The lowest BCUT2D eigenvalue weighted by atomic mass is 10.1. The summed E-state index contributed by atoms with van der Waals surface area (Å²) in [5.74, 6) is 0.536. The molecule has 1 unspecified atom stereocenters. The summed E-state index contributed by atoms with van der Waals surface area (Å²) in [5.41, 5.74) is 1.84. The van der Waals surface area contributed by atoms with Crippen molar-refractivity contribution in [1.82, 2.24) is 14.5 Å². The summed E-state index contributed by atoms with van der Waals surface area (Å²) in [4.78, 5) is 34.0. The number of fused-ring (bicyclic) bond motifs is 1. The Hall–Kier alpha value is -2.97. The van der Waals surface area contributed by atoms with Crippen LogP contribution in [0.5, 0.6) is 0 Å². The van der Waals surface area contributed by atoms with Crippen molar-refractivity contribution in [2.24, 2.45) is 0 Å². The molecule has 8 heteroatoms. The predicted molar refractivity (Wildman–Crippen MR) is 148 cm³/mol. The second-order valence-electron chi connectivity index (χ2n) is 8.13. The Morgan fingerprint density at radius 1 is 1.00 bits per heavy atom. The summed E-state index contributed by atoms with van der Waals surface area (Å²) in [5, 5.41) is 3.55. The second-order valence-corrected chi connectivity index (χ2v) is 9.90. The number of amides is 2. The molecule has 1 atom stereocenters. The van der Waals surface area contributed by atoms with Crippen molar-refractivity contribution in [3.05, 3.63) is 97.9 Å². The molecule has 1 heterocycles. The first-order valence-electron chi connectivity index (χ1n) is 11.5. The van der Waals surface area contributed by atoms with Crippen molar-refractivity contribution in [1.29, 1.82) is 0 Å². The molecule has 0 bridgehead atoms. The third-order valence-corrected chi connectivity index (χ3v) is 7.01. The van der Waals surface area contributed by atoms with Crippen LogP contribution >= 0.6 is 31.9 Å². The molecule has 0 saturated heterocycles. The van der Waals surface area contributed by atoms with E-state index in [-0.39, 0.29) is 11.6 Å². The number of hydrogen-bond donors (Lipinski definition) is 1. The number of hydrogen-bond acceptors (Lipinski definition) is 3. The fourth-order valence-corrected chi connectivity index (χ4v) is 4.79. The second kappa shape index (κ2) is 11.2. The van der Waals surface area contributed by atoms with Gasteiger partial charge in [-0.05, 0) is 77.3 Å². The molecule has 180 valence electrons. The molecule has 0 saturated carbocycles. The molecule has 4 aromatic rings. The van der Waals surface area contributed by atoms with E-state index in [1.54, 1.807) is 15.5 Å². The number of para-hydroxylation sites is 2. The quantitative estimate of drug-likeness (QED) is 0.243. The van der Waals surface area contributed by atoms with E-state index in [1.165, 1.54) is 0 Å². The zero-order valence-electron chi connectivity index (χ0n) is 19.5. The first-order chi connectivity index (χ1) is 16.9.